The van der Waals surface area contributed by atoms with Crippen molar-refractivity contribution in [1.82, 2.24) is 19.8 Å². The smallest absolute Gasteiger partial charge is 0.257 e. The zero-order valence-corrected chi connectivity index (χ0v) is 18.6. The van der Waals surface area contributed by atoms with E-state index < -0.39 is 5.60 Å². The predicted octanol–water partition coefficient (Wildman–Crippen LogP) is 2.76. The van der Waals surface area contributed by atoms with Gasteiger partial charge in [0.25, 0.3) is 5.91 Å². The molecule has 31 heavy (non-hydrogen) atoms. The van der Waals surface area contributed by atoms with E-state index in [-0.39, 0.29) is 23.7 Å². The van der Waals surface area contributed by atoms with Crippen LogP contribution in [-0.2, 0) is 20.9 Å². The van der Waals surface area contributed by atoms with Gasteiger partial charge in [-0.1, -0.05) is 18.9 Å². The summed E-state index contributed by atoms with van der Waals surface area (Å²) in [5, 5.41) is 3.00. The highest BCUT2D eigenvalue weighted by Crippen LogP contribution is 2.43. The summed E-state index contributed by atoms with van der Waals surface area (Å²) < 4.78 is 6.29. The van der Waals surface area contributed by atoms with Gasteiger partial charge in [-0.3, -0.25) is 14.6 Å². The van der Waals surface area contributed by atoms with E-state index in [1.54, 1.807) is 23.7 Å². The highest BCUT2D eigenvalue weighted by atomic mass is 32.1. The first-order chi connectivity index (χ1) is 15.1. The fraction of sp³-hybridized carbons (Fsp3) is 0.565. The van der Waals surface area contributed by atoms with Crippen molar-refractivity contribution in [2.75, 3.05) is 26.2 Å². The SMILES string of the molecule is Cc1nc(CN2CCO[C@@]3(CN(C(=O)C4CCCC4)C[C@H]3c3cccnc3)C2=O)cs1. The van der Waals surface area contributed by atoms with E-state index in [2.05, 4.69) is 9.97 Å². The number of carbonyl (C=O) groups excluding carboxylic acids is 2. The molecule has 0 radical (unpaired) electrons. The Morgan fingerprint density at radius 3 is 2.90 bits per heavy atom. The minimum absolute atomic E-state index is 0.0417. The lowest BCUT2D eigenvalue weighted by Gasteiger charge is -2.42. The highest BCUT2D eigenvalue weighted by Gasteiger charge is 2.58. The number of hydrogen-bond acceptors (Lipinski definition) is 6. The lowest BCUT2D eigenvalue weighted by atomic mass is 9.83. The zero-order valence-electron chi connectivity index (χ0n) is 17.8. The number of morpholine rings is 1. The summed E-state index contributed by atoms with van der Waals surface area (Å²) in [6.07, 6.45) is 7.64. The highest BCUT2D eigenvalue weighted by molar-refractivity contribution is 7.09. The minimum Gasteiger partial charge on any atom is -0.361 e. The van der Waals surface area contributed by atoms with E-state index in [1.807, 2.05) is 34.2 Å². The zero-order chi connectivity index (χ0) is 21.4. The molecule has 0 N–H and O–H groups in total. The molecule has 2 aromatic heterocycles. The van der Waals surface area contributed by atoms with Crippen LogP contribution in [0, 0.1) is 12.8 Å². The average molecular weight is 441 g/mol. The average Bonchev–Trinajstić information content (AvgIpc) is 3.53. The second kappa shape index (κ2) is 8.31. The van der Waals surface area contributed by atoms with E-state index in [0.29, 0.717) is 32.8 Å². The molecule has 2 amide bonds. The van der Waals surface area contributed by atoms with Crippen LogP contribution in [0.15, 0.2) is 29.9 Å². The molecule has 5 rings (SSSR count). The van der Waals surface area contributed by atoms with E-state index in [1.165, 1.54) is 0 Å². The third kappa shape index (κ3) is 3.76. The summed E-state index contributed by atoms with van der Waals surface area (Å²) in [5.41, 5.74) is 0.798. The molecule has 2 atom stereocenters. The number of aryl methyl sites for hydroxylation is 1. The van der Waals surface area contributed by atoms with Crippen LogP contribution in [0.25, 0.3) is 0 Å². The summed E-state index contributed by atoms with van der Waals surface area (Å²) in [6.45, 7) is 4.25. The molecule has 1 saturated carbocycles. The maximum atomic E-state index is 13.9. The van der Waals surface area contributed by atoms with Crippen LogP contribution in [0.2, 0.25) is 0 Å². The molecule has 2 aromatic rings. The number of rotatable bonds is 4. The van der Waals surface area contributed by atoms with Crippen LogP contribution >= 0.6 is 11.3 Å². The van der Waals surface area contributed by atoms with Gasteiger partial charge in [0.2, 0.25) is 5.91 Å². The van der Waals surface area contributed by atoms with Crippen molar-refractivity contribution in [3.05, 3.63) is 46.2 Å². The summed E-state index contributed by atoms with van der Waals surface area (Å²) in [5.74, 6) is -0.0107. The Hall–Kier alpha value is -2.32. The number of carbonyl (C=O) groups is 2. The molecule has 0 aromatic carbocycles. The van der Waals surface area contributed by atoms with E-state index in [9.17, 15) is 9.59 Å². The summed E-state index contributed by atoms with van der Waals surface area (Å²) in [6, 6.07) is 3.87. The van der Waals surface area contributed by atoms with Crippen molar-refractivity contribution in [2.24, 2.45) is 5.92 Å². The number of nitrogens with zero attached hydrogens (tertiary/aromatic N) is 4. The van der Waals surface area contributed by atoms with Gasteiger partial charge in [-0.05, 0) is 31.4 Å². The molecule has 3 aliphatic rings. The topological polar surface area (TPSA) is 75.6 Å². The van der Waals surface area contributed by atoms with Gasteiger partial charge >= 0.3 is 0 Å². The summed E-state index contributed by atoms with van der Waals surface area (Å²) in [4.78, 5) is 39.6. The number of pyridine rings is 1. The van der Waals surface area contributed by atoms with Crippen LogP contribution < -0.4 is 0 Å². The van der Waals surface area contributed by atoms with E-state index in [4.69, 9.17) is 4.74 Å². The maximum absolute atomic E-state index is 13.9. The van der Waals surface area contributed by atoms with Crippen LogP contribution in [0.3, 0.4) is 0 Å². The monoisotopic (exact) mass is 440 g/mol. The third-order valence-electron chi connectivity index (χ3n) is 6.88. The summed E-state index contributed by atoms with van der Waals surface area (Å²) >= 11 is 1.59. The Kier molecular flexibility index (Phi) is 5.52. The fourth-order valence-electron chi connectivity index (χ4n) is 5.34. The third-order valence-corrected chi connectivity index (χ3v) is 7.71. The Bertz CT molecular complexity index is 959. The Labute approximate surface area is 186 Å². The first kappa shape index (κ1) is 20.6. The predicted molar refractivity (Wildman–Crippen MR) is 116 cm³/mol. The molecule has 1 aliphatic carbocycles. The maximum Gasteiger partial charge on any atom is 0.257 e. The van der Waals surface area contributed by atoms with Crippen LogP contribution in [-0.4, -0.2) is 63.4 Å². The first-order valence-electron chi connectivity index (χ1n) is 11.1. The quantitative estimate of drug-likeness (QED) is 0.731. The second-order valence-corrected chi connectivity index (χ2v) is 9.92. The molecule has 7 nitrogen and oxygen atoms in total. The Morgan fingerprint density at radius 2 is 2.19 bits per heavy atom. The molecule has 2 aliphatic heterocycles. The van der Waals surface area contributed by atoms with Crippen molar-refractivity contribution in [3.63, 3.8) is 0 Å². The molecule has 0 unspecified atom stereocenters. The van der Waals surface area contributed by atoms with Gasteiger partial charge in [0, 0.05) is 42.7 Å². The lowest BCUT2D eigenvalue weighted by molar-refractivity contribution is -0.173. The number of thiazole rings is 1. The molecular weight excluding hydrogens is 412 g/mol. The van der Waals surface area contributed by atoms with Crippen molar-refractivity contribution < 1.29 is 14.3 Å². The largest absolute Gasteiger partial charge is 0.361 e. The van der Waals surface area contributed by atoms with Crippen LogP contribution in [0.1, 0.15) is 47.9 Å². The molecule has 164 valence electrons. The molecule has 3 fully saturated rings. The van der Waals surface area contributed by atoms with Gasteiger partial charge in [-0.15, -0.1) is 11.3 Å². The van der Waals surface area contributed by atoms with Gasteiger partial charge in [0.1, 0.15) is 0 Å². The van der Waals surface area contributed by atoms with Gasteiger partial charge in [0.05, 0.1) is 30.4 Å². The first-order valence-corrected chi connectivity index (χ1v) is 12.0. The normalized spacial score (nSPS) is 26.9. The van der Waals surface area contributed by atoms with Crippen molar-refractivity contribution in [2.45, 2.75) is 50.7 Å². The van der Waals surface area contributed by atoms with Gasteiger partial charge in [-0.2, -0.15) is 0 Å². The number of ether oxygens (including phenoxy) is 1. The summed E-state index contributed by atoms with van der Waals surface area (Å²) in [7, 11) is 0. The van der Waals surface area contributed by atoms with Gasteiger partial charge in [-0.25, -0.2) is 4.98 Å². The van der Waals surface area contributed by atoms with Crippen molar-refractivity contribution in [3.8, 4) is 0 Å². The van der Waals surface area contributed by atoms with Crippen LogP contribution in [0.4, 0.5) is 0 Å². The number of aromatic nitrogens is 2. The van der Waals surface area contributed by atoms with E-state index >= 15 is 0 Å². The van der Waals surface area contributed by atoms with Gasteiger partial charge < -0.3 is 14.5 Å². The fourth-order valence-corrected chi connectivity index (χ4v) is 5.94. The standard InChI is InChI=1S/C23H28N4O3S/c1-16-25-19(14-31-16)12-26-9-10-30-23(22(26)29)15-27(21(28)17-5-2-3-6-17)13-20(23)18-7-4-8-24-11-18/h4,7-8,11,14,17,20H,2-3,5-6,9-10,12-13,15H2,1H3/t20-,23+/m0/s1. The number of likely N-dealkylation sites (tertiary alicyclic amines) is 1. The number of hydrogen-bond donors (Lipinski definition) is 0. The van der Waals surface area contributed by atoms with Crippen LogP contribution in [0.5, 0.6) is 0 Å². The molecular formula is C23H28N4O3S. The lowest BCUT2D eigenvalue weighted by Crippen LogP contribution is -2.60. The molecule has 0 bridgehead atoms. The molecule has 2 saturated heterocycles. The second-order valence-electron chi connectivity index (χ2n) is 8.86. The molecule has 1 spiro atoms. The van der Waals surface area contributed by atoms with Crippen molar-refractivity contribution in [1.29, 1.82) is 0 Å². The molecule has 8 heteroatoms. The number of amides is 2. The Balaban J connectivity index is 1.45. The van der Waals surface area contributed by atoms with Crippen molar-refractivity contribution >= 4 is 23.2 Å². The minimum atomic E-state index is -1.05. The van der Waals surface area contributed by atoms with Gasteiger partial charge in [0.15, 0.2) is 5.60 Å². The Morgan fingerprint density at radius 1 is 1.35 bits per heavy atom. The van der Waals surface area contributed by atoms with E-state index in [0.717, 1.165) is 41.9 Å². The molecule has 4 heterocycles.